The topological polar surface area (TPSA) is 0 Å². The monoisotopic (exact) mass is 154 g/mol. The van der Waals surface area contributed by atoms with Crippen LogP contribution in [0.5, 0.6) is 0 Å². The molecule has 0 aromatic carbocycles. The molecule has 0 bridgehead atoms. The molecule has 3 heteroatoms. The van der Waals surface area contributed by atoms with Crippen LogP contribution < -0.4 is 0 Å². The van der Waals surface area contributed by atoms with Crippen LogP contribution in [0.2, 0.25) is 0 Å². The number of hydrogen-bond acceptors (Lipinski definition) is 2. The molecule has 0 aromatic rings. The molecular weight excluding hydrogens is 148 g/mol. The van der Waals surface area contributed by atoms with Crippen molar-refractivity contribution in [2.45, 2.75) is 16.4 Å². The number of thioether (sulfide) groups is 1. The molecule has 0 aromatic heterocycles. The molecule has 1 rings (SSSR count). The first kappa shape index (κ1) is 6.12. The van der Waals surface area contributed by atoms with Crippen molar-refractivity contribution in [3.05, 3.63) is 0 Å². The van der Waals surface area contributed by atoms with Gasteiger partial charge in [-0.1, -0.05) is 0 Å². The number of alkyl halides is 1. The van der Waals surface area contributed by atoms with E-state index in [2.05, 4.69) is 12.6 Å². The van der Waals surface area contributed by atoms with E-state index in [0.717, 1.165) is 0 Å². The minimum absolute atomic E-state index is 0.267. The predicted molar refractivity (Wildman–Crippen MR) is 39.5 cm³/mol. The van der Waals surface area contributed by atoms with E-state index in [9.17, 15) is 0 Å². The summed E-state index contributed by atoms with van der Waals surface area (Å²) >= 11 is 11.8. The van der Waals surface area contributed by atoms with E-state index in [1.165, 1.54) is 12.2 Å². The lowest BCUT2D eigenvalue weighted by Crippen LogP contribution is -2.01. The first-order valence-corrected chi connectivity index (χ1v) is 4.24. The quantitative estimate of drug-likeness (QED) is 0.412. The van der Waals surface area contributed by atoms with E-state index < -0.39 is 0 Å². The lowest BCUT2D eigenvalue weighted by atomic mass is 10.4. The fraction of sp³-hybridized carbons (Fsp3) is 1.00. The summed E-state index contributed by atoms with van der Waals surface area (Å²) in [5.41, 5.74) is 0. The molecule has 2 atom stereocenters. The molecule has 0 amide bonds. The van der Waals surface area contributed by atoms with Gasteiger partial charge in [-0.15, -0.1) is 23.4 Å². The highest BCUT2D eigenvalue weighted by Crippen LogP contribution is 2.32. The molecule has 42 valence electrons. The summed E-state index contributed by atoms with van der Waals surface area (Å²) in [6, 6.07) is 0. The Kier molecular flexibility index (Phi) is 2.20. The summed E-state index contributed by atoms with van der Waals surface area (Å²) in [5.74, 6) is 1.18. The minimum atomic E-state index is 0.267. The van der Waals surface area contributed by atoms with E-state index in [4.69, 9.17) is 11.6 Å². The Morgan fingerprint density at radius 3 is 2.57 bits per heavy atom. The van der Waals surface area contributed by atoms with Crippen molar-refractivity contribution in [3.8, 4) is 0 Å². The first-order chi connectivity index (χ1) is 3.30. The molecule has 1 fully saturated rings. The average Bonchev–Trinajstić information content (AvgIpc) is 1.91. The molecule has 0 nitrogen and oxygen atoms in total. The van der Waals surface area contributed by atoms with E-state index in [0.29, 0.717) is 5.25 Å². The highest BCUT2D eigenvalue weighted by Gasteiger charge is 2.21. The van der Waals surface area contributed by atoms with Gasteiger partial charge in [0.15, 0.2) is 0 Å². The van der Waals surface area contributed by atoms with Gasteiger partial charge in [-0.05, 0) is 12.2 Å². The standard InChI is InChI=1S/C4H7ClS2/c5-4-3(6)1-2-7-4/h3-4,6H,1-2H2. The van der Waals surface area contributed by atoms with E-state index >= 15 is 0 Å². The zero-order chi connectivity index (χ0) is 5.28. The van der Waals surface area contributed by atoms with Crippen LogP contribution in [0.3, 0.4) is 0 Å². The fourth-order valence-corrected chi connectivity index (χ4v) is 2.47. The third-order valence-corrected chi connectivity index (χ3v) is 3.73. The van der Waals surface area contributed by atoms with Gasteiger partial charge in [-0.2, -0.15) is 12.6 Å². The maximum absolute atomic E-state index is 5.75. The second kappa shape index (κ2) is 2.51. The molecule has 7 heavy (non-hydrogen) atoms. The molecule has 0 saturated carbocycles. The molecular formula is C4H7ClS2. The van der Waals surface area contributed by atoms with Crippen LogP contribution in [0.1, 0.15) is 6.42 Å². The van der Waals surface area contributed by atoms with Crippen molar-refractivity contribution < 1.29 is 0 Å². The third kappa shape index (κ3) is 1.44. The van der Waals surface area contributed by atoms with Crippen LogP contribution in [-0.4, -0.2) is 15.7 Å². The highest BCUT2D eigenvalue weighted by atomic mass is 35.5. The zero-order valence-corrected chi connectivity index (χ0v) is 6.27. The summed E-state index contributed by atoms with van der Waals surface area (Å²) in [5, 5.41) is 0.437. The predicted octanol–water partition coefficient (Wildman–Crippen LogP) is 1.99. The van der Waals surface area contributed by atoms with E-state index in [1.54, 1.807) is 11.8 Å². The van der Waals surface area contributed by atoms with Gasteiger partial charge in [-0.3, -0.25) is 0 Å². The Morgan fingerprint density at radius 1 is 1.71 bits per heavy atom. The van der Waals surface area contributed by atoms with Crippen LogP contribution >= 0.6 is 36.0 Å². The third-order valence-electron chi connectivity index (χ3n) is 0.993. The van der Waals surface area contributed by atoms with Crippen molar-refractivity contribution in [1.82, 2.24) is 0 Å². The Morgan fingerprint density at radius 2 is 2.43 bits per heavy atom. The van der Waals surface area contributed by atoms with Gasteiger partial charge in [0.05, 0.1) is 4.71 Å². The van der Waals surface area contributed by atoms with Crippen LogP contribution in [-0.2, 0) is 0 Å². The molecule has 2 unspecified atom stereocenters. The number of hydrogen-bond donors (Lipinski definition) is 1. The molecule has 0 aliphatic carbocycles. The van der Waals surface area contributed by atoms with Crippen LogP contribution in [0, 0.1) is 0 Å². The summed E-state index contributed by atoms with van der Waals surface area (Å²) in [6.45, 7) is 0. The fourth-order valence-electron chi connectivity index (χ4n) is 0.543. The van der Waals surface area contributed by atoms with Crippen LogP contribution in [0.25, 0.3) is 0 Å². The molecule has 1 saturated heterocycles. The van der Waals surface area contributed by atoms with Gasteiger partial charge in [0, 0.05) is 5.25 Å². The minimum Gasteiger partial charge on any atom is -0.173 e. The van der Waals surface area contributed by atoms with Gasteiger partial charge in [0.2, 0.25) is 0 Å². The Bertz CT molecular complexity index is 58.7. The van der Waals surface area contributed by atoms with Crippen LogP contribution in [0.4, 0.5) is 0 Å². The number of thiol groups is 1. The normalized spacial score (nSPS) is 42.0. The average molecular weight is 155 g/mol. The molecule has 1 aliphatic rings. The molecule has 0 N–H and O–H groups in total. The lowest BCUT2D eigenvalue weighted by Gasteiger charge is -2.00. The van der Waals surface area contributed by atoms with E-state index in [1.807, 2.05) is 0 Å². The summed E-state index contributed by atoms with van der Waals surface area (Å²) in [4.78, 5) is 0. The summed E-state index contributed by atoms with van der Waals surface area (Å²) in [7, 11) is 0. The smallest absolute Gasteiger partial charge is 0.0904 e. The van der Waals surface area contributed by atoms with Crippen molar-refractivity contribution in [2.75, 3.05) is 5.75 Å². The lowest BCUT2D eigenvalue weighted by molar-refractivity contribution is 0.948. The van der Waals surface area contributed by atoms with Crippen LogP contribution in [0.15, 0.2) is 0 Å². The van der Waals surface area contributed by atoms with Crippen molar-refractivity contribution in [3.63, 3.8) is 0 Å². The second-order valence-electron chi connectivity index (χ2n) is 1.58. The molecule has 1 aliphatic heterocycles. The molecule has 0 spiro atoms. The second-order valence-corrected chi connectivity index (χ2v) is 4.22. The molecule has 1 heterocycles. The SMILES string of the molecule is SC1CCSC1Cl. The Hall–Kier alpha value is 0.990. The Balaban J connectivity index is 2.33. The number of rotatable bonds is 0. The summed E-state index contributed by atoms with van der Waals surface area (Å²) in [6.07, 6.45) is 1.17. The zero-order valence-electron chi connectivity index (χ0n) is 3.80. The summed E-state index contributed by atoms with van der Waals surface area (Å²) < 4.78 is 0.267. The molecule has 0 radical (unpaired) electrons. The highest BCUT2D eigenvalue weighted by molar-refractivity contribution is 8.02. The van der Waals surface area contributed by atoms with Gasteiger partial charge < -0.3 is 0 Å². The van der Waals surface area contributed by atoms with Gasteiger partial charge in [0.1, 0.15) is 0 Å². The number of halogens is 1. The van der Waals surface area contributed by atoms with Crippen molar-refractivity contribution in [2.24, 2.45) is 0 Å². The van der Waals surface area contributed by atoms with Gasteiger partial charge >= 0.3 is 0 Å². The van der Waals surface area contributed by atoms with Crippen molar-refractivity contribution >= 4 is 36.0 Å². The van der Waals surface area contributed by atoms with E-state index in [-0.39, 0.29) is 4.71 Å². The largest absolute Gasteiger partial charge is 0.173 e. The van der Waals surface area contributed by atoms with Gasteiger partial charge in [0.25, 0.3) is 0 Å². The van der Waals surface area contributed by atoms with Gasteiger partial charge in [-0.25, -0.2) is 0 Å². The maximum atomic E-state index is 5.75. The van der Waals surface area contributed by atoms with Crippen molar-refractivity contribution in [1.29, 1.82) is 0 Å². The Labute approximate surface area is 58.4 Å². The maximum Gasteiger partial charge on any atom is 0.0904 e. The first-order valence-electron chi connectivity index (χ1n) is 2.24.